The predicted molar refractivity (Wildman–Crippen MR) is 91.2 cm³/mol. The Labute approximate surface area is 136 Å². The van der Waals surface area contributed by atoms with Gasteiger partial charge in [-0.1, -0.05) is 43.1 Å². The molecule has 5 heteroatoms. The van der Waals surface area contributed by atoms with Crippen molar-refractivity contribution in [3.8, 4) is 11.3 Å². The molecule has 2 rings (SSSR count). The number of nitrogens with two attached hydrogens (primary N) is 1. The van der Waals surface area contributed by atoms with Gasteiger partial charge in [-0.25, -0.2) is 4.98 Å². The largest absolute Gasteiger partial charge is 0.383 e. The number of halogens is 2. The minimum Gasteiger partial charge on any atom is -0.383 e. The Hall–Kier alpha value is -1.19. The molecule has 1 aromatic heterocycles. The van der Waals surface area contributed by atoms with Crippen LogP contribution in [0, 0.1) is 0 Å². The van der Waals surface area contributed by atoms with Gasteiger partial charge in [-0.15, -0.1) is 0 Å². The number of anilines is 1. The van der Waals surface area contributed by atoms with Crippen molar-refractivity contribution < 1.29 is 0 Å². The summed E-state index contributed by atoms with van der Waals surface area (Å²) in [6, 6.07) is 5.41. The van der Waals surface area contributed by atoms with Crippen molar-refractivity contribution in [2.75, 3.05) is 5.73 Å². The van der Waals surface area contributed by atoms with Crippen LogP contribution < -0.4 is 5.73 Å². The van der Waals surface area contributed by atoms with E-state index >= 15 is 0 Å². The smallest absolute Gasteiger partial charge is 0.132 e. The minimum absolute atomic E-state index is 0.164. The second-order valence-electron chi connectivity index (χ2n) is 6.46. The van der Waals surface area contributed by atoms with Crippen LogP contribution in [0.15, 0.2) is 18.2 Å². The van der Waals surface area contributed by atoms with E-state index in [1.807, 2.05) is 6.07 Å². The summed E-state index contributed by atoms with van der Waals surface area (Å²) in [7, 11) is 0. The molecular weight excluding hydrogens is 305 g/mol. The second-order valence-corrected chi connectivity index (χ2v) is 7.28. The number of hydrogen-bond acceptors (Lipinski definition) is 2. The van der Waals surface area contributed by atoms with Crippen molar-refractivity contribution in [1.82, 2.24) is 9.55 Å². The van der Waals surface area contributed by atoms with Crippen molar-refractivity contribution in [3.05, 3.63) is 34.1 Å². The van der Waals surface area contributed by atoms with Gasteiger partial charge in [-0.2, -0.15) is 0 Å². The Kier molecular flexibility index (Phi) is 4.27. The third-order valence-corrected chi connectivity index (χ3v) is 3.96. The van der Waals surface area contributed by atoms with Crippen LogP contribution in [0.2, 0.25) is 10.0 Å². The van der Waals surface area contributed by atoms with Gasteiger partial charge in [-0.3, -0.25) is 0 Å². The van der Waals surface area contributed by atoms with Crippen LogP contribution in [0.3, 0.4) is 0 Å². The zero-order valence-corrected chi connectivity index (χ0v) is 14.5. The molecule has 0 unspecified atom stereocenters. The van der Waals surface area contributed by atoms with Gasteiger partial charge in [0.1, 0.15) is 17.3 Å². The van der Waals surface area contributed by atoms with E-state index in [9.17, 15) is 0 Å². The second kappa shape index (κ2) is 5.54. The molecule has 0 aliphatic rings. The molecule has 0 saturated heterocycles. The predicted octanol–water partition coefficient (Wildman–Crippen LogP) is 5.32. The molecule has 0 saturated carbocycles. The summed E-state index contributed by atoms with van der Waals surface area (Å²) in [6.07, 6.45) is 0. The number of aromatic nitrogens is 2. The summed E-state index contributed by atoms with van der Waals surface area (Å²) in [4.78, 5) is 4.74. The fourth-order valence-electron chi connectivity index (χ4n) is 2.45. The molecule has 0 amide bonds. The van der Waals surface area contributed by atoms with Gasteiger partial charge in [0.15, 0.2) is 0 Å². The van der Waals surface area contributed by atoms with Gasteiger partial charge in [-0.05, 0) is 32.9 Å². The summed E-state index contributed by atoms with van der Waals surface area (Å²) in [5.74, 6) is 1.79. The molecule has 2 aromatic rings. The van der Waals surface area contributed by atoms with Crippen molar-refractivity contribution in [3.63, 3.8) is 0 Å². The highest BCUT2D eigenvalue weighted by molar-refractivity contribution is 6.39. The molecule has 1 heterocycles. The first kappa shape index (κ1) is 16.2. The van der Waals surface area contributed by atoms with Crippen molar-refractivity contribution in [2.45, 2.75) is 46.1 Å². The molecule has 0 radical (unpaired) electrons. The number of nitrogens with zero attached hydrogens (tertiary/aromatic N) is 2. The summed E-state index contributed by atoms with van der Waals surface area (Å²) >= 11 is 12.6. The molecule has 3 nitrogen and oxygen atoms in total. The number of benzene rings is 1. The van der Waals surface area contributed by atoms with Crippen molar-refractivity contribution in [1.29, 1.82) is 0 Å². The van der Waals surface area contributed by atoms with E-state index in [4.69, 9.17) is 33.9 Å². The summed E-state index contributed by atoms with van der Waals surface area (Å²) in [5, 5.41) is 1.12. The minimum atomic E-state index is -0.164. The Bertz CT molecular complexity index is 647. The van der Waals surface area contributed by atoms with E-state index in [2.05, 4.69) is 39.2 Å². The van der Waals surface area contributed by atoms with E-state index in [0.717, 1.165) is 5.82 Å². The molecule has 0 bridgehead atoms. The maximum Gasteiger partial charge on any atom is 0.132 e. The molecule has 0 atom stereocenters. The molecule has 0 aliphatic carbocycles. The lowest BCUT2D eigenvalue weighted by molar-refractivity contribution is 0.382. The third kappa shape index (κ3) is 2.90. The highest BCUT2D eigenvalue weighted by Crippen LogP contribution is 2.40. The van der Waals surface area contributed by atoms with Crippen LogP contribution in [0.4, 0.5) is 5.82 Å². The Morgan fingerprint density at radius 3 is 2.05 bits per heavy atom. The van der Waals surface area contributed by atoms with E-state index in [0.29, 0.717) is 27.1 Å². The average Bonchev–Trinajstić information content (AvgIpc) is 2.67. The van der Waals surface area contributed by atoms with Crippen LogP contribution in [0.25, 0.3) is 11.3 Å². The van der Waals surface area contributed by atoms with Crippen LogP contribution in [0.5, 0.6) is 0 Å². The first-order valence-corrected chi connectivity index (χ1v) is 7.73. The lowest BCUT2D eigenvalue weighted by Gasteiger charge is -2.26. The monoisotopic (exact) mass is 325 g/mol. The quantitative estimate of drug-likeness (QED) is 0.812. The fourth-order valence-corrected chi connectivity index (χ4v) is 3.03. The summed E-state index contributed by atoms with van der Waals surface area (Å²) in [5.41, 5.74) is 7.57. The molecular formula is C16H21Cl2N3. The summed E-state index contributed by atoms with van der Waals surface area (Å²) < 4.78 is 2.06. The van der Waals surface area contributed by atoms with Crippen LogP contribution in [0.1, 0.15) is 46.4 Å². The number of rotatable bonds is 2. The Morgan fingerprint density at radius 2 is 1.67 bits per heavy atom. The van der Waals surface area contributed by atoms with E-state index < -0.39 is 0 Å². The number of imidazole rings is 1. The van der Waals surface area contributed by atoms with Gasteiger partial charge in [0.2, 0.25) is 0 Å². The topological polar surface area (TPSA) is 43.8 Å². The van der Waals surface area contributed by atoms with Gasteiger partial charge in [0.05, 0.1) is 10.0 Å². The van der Waals surface area contributed by atoms with Gasteiger partial charge in [0.25, 0.3) is 0 Å². The summed E-state index contributed by atoms with van der Waals surface area (Å²) in [6.45, 7) is 10.5. The highest BCUT2D eigenvalue weighted by atomic mass is 35.5. The highest BCUT2D eigenvalue weighted by Gasteiger charge is 2.27. The van der Waals surface area contributed by atoms with Gasteiger partial charge < -0.3 is 10.3 Å². The van der Waals surface area contributed by atoms with E-state index in [1.54, 1.807) is 12.1 Å². The van der Waals surface area contributed by atoms with Crippen LogP contribution in [-0.2, 0) is 5.54 Å². The Morgan fingerprint density at radius 1 is 1.14 bits per heavy atom. The standard InChI is InChI=1S/C16H21Cl2N3/c1-9(2)15-20-13(14(19)21(15)16(3,4)5)12-10(17)7-6-8-11(12)18/h6-9H,19H2,1-5H3. The van der Waals surface area contributed by atoms with Gasteiger partial charge in [0, 0.05) is 17.0 Å². The first-order valence-electron chi connectivity index (χ1n) is 6.97. The molecule has 21 heavy (non-hydrogen) atoms. The van der Waals surface area contributed by atoms with Gasteiger partial charge >= 0.3 is 0 Å². The van der Waals surface area contributed by atoms with E-state index in [-0.39, 0.29) is 11.5 Å². The Balaban J connectivity index is 2.78. The number of nitrogen functional groups attached to an aromatic ring is 1. The zero-order valence-electron chi connectivity index (χ0n) is 13.0. The molecule has 0 fully saturated rings. The molecule has 114 valence electrons. The third-order valence-electron chi connectivity index (χ3n) is 3.33. The molecule has 0 spiro atoms. The lowest BCUT2D eigenvalue weighted by atomic mass is 10.1. The van der Waals surface area contributed by atoms with Crippen molar-refractivity contribution in [2.24, 2.45) is 0 Å². The van der Waals surface area contributed by atoms with E-state index in [1.165, 1.54) is 0 Å². The van der Waals surface area contributed by atoms with Crippen LogP contribution in [-0.4, -0.2) is 9.55 Å². The average molecular weight is 326 g/mol. The molecule has 1 aromatic carbocycles. The zero-order chi connectivity index (χ0) is 15.9. The maximum atomic E-state index is 6.38. The van der Waals surface area contributed by atoms with Crippen LogP contribution >= 0.6 is 23.2 Å². The van der Waals surface area contributed by atoms with Crippen molar-refractivity contribution >= 4 is 29.0 Å². The normalized spacial score (nSPS) is 12.2. The lowest BCUT2D eigenvalue weighted by Crippen LogP contribution is -2.26. The fraction of sp³-hybridized carbons (Fsp3) is 0.438. The molecule has 0 aliphatic heterocycles. The molecule has 2 N–H and O–H groups in total. The number of hydrogen-bond donors (Lipinski definition) is 1. The maximum absolute atomic E-state index is 6.38. The first-order chi connectivity index (χ1) is 9.64. The SMILES string of the molecule is CC(C)c1nc(-c2c(Cl)cccc2Cl)c(N)n1C(C)(C)C.